The van der Waals surface area contributed by atoms with E-state index in [4.69, 9.17) is 5.73 Å². The van der Waals surface area contributed by atoms with Gasteiger partial charge < -0.3 is 5.73 Å². The maximum atomic E-state index is 6.20. The molecule has 2 rings (SSSR count). The molecule has 0 amide bonds. The van der Waals surface area contributed by atoms with E-state index in [0.29, 0.717) is 0 Å². The van der Waals surface area contributed by atoms with Crippen LogP contribution < -0.4 is 5.73 Å². The van der Waals surface area contributed by atoms with Gasteiger partial charge in [-0.05, 0) is 24.6 Å². The Morgan fingerprint density at radius 2 is 2.18 bits per heavy atom. The first-order valence-electron chi connectivity index (χ1n) is 5.98. The fourth-order valence-electron chi connectivity index (χ4n) is 1.91. The molecule has 0 fully saturated rings. The van der Waals surface area contributed by atoms with Crippen molar-refractivity contribution in [3.05, 3.63) is 48.0 Å². The summed E-state index contributed by atoms with van der Waals surface area (Å²) in [4.78, 5) is 4.29. The molecule has 1 unspecified atom stereocenters. The minimum atomic E-state index is -0.0426. The molecular weight excluding hydrogens is 212 g/mol. The van der Waals surface area contributed by atoms with Crippen molar-refractivity contribution in [1.82, 2.24) is 14.8 Å². The zero-order valence-corrected chi connectivity index (χ0v) is 10.1. The Balaban J connectivity index is 2.09. The first kappa shape index (κ1) is 11.8. The molecule has 90 valence electrons. The van der Waals surface area contributed by atoms with E-state index in [1.165, 1.54) is 0 Å². The molecule has 4 nitrogen and oxygen atoms in total. The number of nitrogens with zero attached hydrogens (tertiary/aromatic N) is 3. The highest BCUT2D eigenvalue weighted by Gasteiger charge is 2.12. The molecule has 0 aliphatic heterocycles. The Morgan fingerprint density at radius 1 is 1.29 bits per heavy atom. The Bertz CT molecular complexity index is 449. The van der Waals surface area contributed by atoms with E-state index in [-0.39, 0.29) is 6.04 Å². The lowest BCUT2D eigenvalue weighted by molar-refractivity contribution is 0.535. The molecule has 0 spiro atoms. The van der Waals surface area contributed by atoms with E-state index in [1.807, 2.05) is 35.1 Å². The molecule has 0 saturated carbocycles. The largest absolute Gasteiger partial charge is 0.322 e. The van der Waals surface area contributed by atoms with Gasteiger partial charge in [0, 0.05) is 31.1 Å². The lowest BCUT2D eigenvalue weighted by atomic mass is 10.1. The van der Waals surface area contributed by atoms with Crippen LogP contribution in [0.15, 0.2) is 36.7 Å². The van der Waals surface area contributed by atoms with Gasteiger partial charge in [0.25, 0.3) is 0 Å². The summed E-state index contributed by atoms with van der Waals surface area (Å²) in [7, 11) is 0. The van der Waals surface area contributed by atoms with E-state index in [2.05, 4.69) is 17.0 Å². The minimum Gasteiger partial charge on any atom is -0.322 e. The van der Waals surface area contributed by atoms with Crippen molar-refractivity contribution in [1.29, 1.82) is 0 Å². The van der Waals surface area contributed by atoms with Gasteiger partial charge in [-0.15, -0.1) is 0 Å². The number of nitrogens with two attached hydrogens (primary N) is 1. The Morgan fingerprint density at radius 3 is 2.88 bits per heavy atom. The van der Waals surface area contributed by atoms with Crippen molar-refractivity contribution < 1.29 is 0 Å². The van der Waals surface area contributed by atoms with Crippen LogP contribution in [0.5, 0.6) is 0 Å². The van der Waals surface area contributed by atoms with Crippen LogP contribution in [0.4, 0.5) is 0 Å². The lowest BCUT2D eigenvalue weighted by Gasteiger charge is -2.13. The second kappa shape index (κ2) is 5.59. The predicted octanol–water partition coefficient (Wildman–Crippen LogP) is 1.93. The maximum Gasteiger partial charge on any atom is 0.0555 e. The van der Waals surface area contributed by atoms with Crippen LogP contribution in [0.3, 0.4) is 0 Å². The maximum absolute atomic E-state index is 6.20. The lowest BCUT2D eigenvalue weighted by Crippen LogP contribution is -2.19. The molecule has 1 atom stereocenters. The van der Waals surface area contributed by atoms with E-state index in [9.17, 15) is 0 Å². The van der Waals surface area contributed by atoms with Gasteiger partial charge >= 0.3 is 0 Å². The molecule has 0 aliphatic rings. The number of hydrogen-bond donors (Lipinski definition) is 1. The molecule has 0 aromatic carbocycles. The number of aryl methyl sites for hydroxylation is 1. The van der Waals surface area contributed by atoms with Gasteiger partial charge in [0.15, 0.2) is 0 Å². The van der Waals surface area contributed by atoms with Crippen LogP contribution in [0.2, 0.25) is 0 Å². The minimum absolute atomic E-state index is 0.0426. The van der Waals surface area contributed by atoms with Crippen molar-refractivity contribution in [2.75, 3.05) is 0 Å². The summed E-state index contributed by atoms with van der Waals surface area (Å²) in [5, 5.41) is 4.28. The molecule has 2 aromatic heterocycles. The molecule has 2 N–H and O–H groups in total. The molecule has 0 saturated heterocycles. The molecule has 17 heavy (non-hydrogen) atoms. The first-order valence-corrected chi connectivity index (χ1v) is 5.98. The van der Waals surface area contributed by atoms with E-state index >= 15 is 0 Å². The fourth-order valence-corrected chi connectivity index (χ4v) is 1.91. The number of aromatic nitrogens is 3. The topological polar surface area (TPSA) is 56.7 Å². The monoisotopic (exact) mass is 230 g/mol. The summed E-state index contributed by atoms with van der Waals surface area (Å²) in [6.07, 6.45) is 5.41. The summed E-state index contributed by atoms with van der Waals surface area (Å²) in [6, 6.07) is 7.84. The molecule has 2 heterocycles. The third-order valence-corrected chi connectivity index (χ3v) is 2.72. The molecule has 2 aromatic rings. The van der Waals surface area contributed by atoms with Crippen molar-refractivity contribution in [3.8, 4) is 0 Å². The van der Waals surface area contributed by atoms with Crippen molar-refractivity contribution in [2.45, 2.75) is 32.4 Å². The number of pyridine rings is 1. The molecule has 0 radical (unpaired) electrons. The summed E-state index contributed by atoms with van der Waals surface area (Å²) in [5.41, 5.74) is 8.30. The highest BCUT2D eigenvalue weighted by Crippen LogP contribution is 2.14. The summed E-state index contributed by atoms with van der Waals surface area (Å²) in [5.74, 6) is 0. The first-order chi connectivity index (χ1) is 8.31. The molecule has 0 bridgehead atoms. The zero-order chi connectivity index (χ0) is 12.1. The SMILES string of the molecule is CCCn1nccc1C(N)Cc1ccccn1. The molecule has 0 aliphatic carbocycles. The van der Waals surface area contributed by atoms with Gasteiger partial charge in [-0.1, -0.05) is 13.0 Å². The smallest absolute Gasteiger partial charge is 0.0555 e. The number of rotatable bonds is 5. The van der Waals surface area contributed by atoms with E-state index in [1.54, 1.807) is 6.20 Å². The zero-order valence-electron chi connectivity index (χ0n) is 10.1. The summed E-state index contributed by atoms with van der Waals surface area (Å²) >= 11 is 0. The average molecular weight is 230 g/mol. The number of hydrogen-bond acceptors (Lipinski definition) is 3. The Kier molecular flexibility index (Phi) is 3.88. The Labute approximate surface area is 101 Å². The van der Waals surface area contributed by atoms with Gasteiger partial charge in [0.05, 0.1) is 11.7 Å². The molecule has 4 heteroatoms. The Hall–Kier alpha value is -1.68. The second-order valence-corrected chi connectivity index (χ2v) is 4.11. The van der Waals surface area contributed by atoms with E-state index < -0.39 is 0 Å². The standard InChI is InChI=1S/C13H18N4/c1-2-9-17-13(6-8-16-17)12(14)10-11-5-3-4-7-15-11/h3-8,12H,2,9-10,14H2,1H3. The van der Waals surface area contributed by atoms with Gasteiger partial charge in [-0.3, -0.25) is 9.67 Å². The fraction of sp³-hybridized carbons (Fsp3) is 0.385. The van der Waals surface area contributed by atoms with Gasteiger partial charge in [0.2, 0.25) is 0 Å². The second-order valence-electron chi connectivity index (χ2n) is 4.11. The van der Waals surface area contributed by atoms with Crippen molar-refractivity contribution >= 4 is 0 Å². The van der Waals surface area contributed by atoms with Crippen molar-refractivity contribution in [2.24, 2.45) is 5.73 Å². The highest BCUT2D eigenvalue weighted by molar-refractivity contribution is 5.12. The van der Waals surface area contributed by atoms with Crippen LogP contribution in [0.25, 0.3) is 0 Å². The van der Waals surface area contributed by atoms with Crippen LogP contribution >= 0.6 is 0 Å². The van der Waals surface area contributed by atoms with Crippen LogP contribution in [-0.4, -0.2) is 14.8 Å². The van der Waals surface area contributed by atoms with Gasteiger partial charge in [0.1, 0.15) is 0 Å². The molecular formula is C13H18N4. The average Bonchev–Trinajstić information content (AvgIpc) is 2.79. The van der Waals surface area contributed by atoms with Crippen LogP contribution in [0, 0.1) is 0 Å². The van der Waals surface area contributed by atoms with Crippen LogP contribution in [-0.2, 0) is 13.0 Å². The predicted molar refractivity (Wildman–Crippen MR) is 67.4 cm³/mol. The highest BCUT2D eigenvalue weighted by atomic mass is 15.3. The van der Waals surface area contributed by atoms with Crippen molar-refractivity contribution in [3.63, 3.8) is 0 Å². The summed E-state index contributed by atoms with van der Waals surface area (Å²) < 4.78 is 1.98. The normalized spacial score (nSPS) is 12.6. The third kappa shape index (κ3) is 2.91. The third-order valence-electron chi connectivity index (χ3n) is 2.72. The van der Waals surface area contributed by atoms with E-state index in [0.717, 1.165) is 30.8 Å². The quantitative estimate of drug-likeness (QED) is 0.854. The van der Waals surface area contributed by atoms with Gasteiger partial charge in [-0.2, -0.15) is 5.10 Å². The summed E-state index contributed by atoms with van der Waals surface area (Å²) in [6.45, 7) is 3.05. The van der Waals surface area contributed by atoms with Crippen LogP contribution in [0.1, 0.15) is 30.8 Å². The van der Waals surface area contributed by atoms with Gasteiger partial charge in [-0.25, -0.2) is 0 Å².